The van der Waals surface area contributed by atoms with Crippen LogP contribution in [-0.4, -0.2) is 33.8 Å². The lowest BCUT2D eigenvalue weighted by molar-refractivity contribution is -0.124. The first kappa shape index (κ1) is 20.2. The largest absolute Gasteiger partial charge is 0.332 e. The van der Waals surface area contributed by atoms with E-state index in [0.29, 0.717) is 5.69 Å². The Bertz CT molecular complexity index is 1090. The molecule has 3 aromatic rings. The maximum atomic E-state index is 13.3. The monoisotopic (exact) mass is 418 g/mol. The fraction of sp³-hybridized carbons (Fsp3) is 0.130. The van der Waals surface area contributed by atoms with Crippen LogP contribution in [0.2, 0.25) is 0 Å². The predicted octanol–water partition coefficient (Wildman–Crippen LogP) is 3.59. The maximum Gasteiger partial charge on any atom is 0.332 e. The number of carbonyl (C=O) groups excluding carboxylic acids is 3. The van der Waals surface area contributed by atoms with Crippen molar-refractivity contribution >= 4 is 29.2 Å². The average molecular weight is 418 g/mol. The second-order valence-corrected chi connectivity index (χ2v) is 7.06. The number of benzene rings is 2. The molecule has 1 aromatic heterocycles. The fourth-order valence-corrected chi connectivity index (χ4v) is 3.44. The minimum atomic E-state index is -0.999. The molecule has 1 saturated heterocycles. The summed E-state index contributed by atoms with van der Waals surface area (Å²) in [4.78, 5) is 45.3. The Hall–Kier alpha value is -4.07. The van der Waals surface area contributed by atoms with E-state index in [1.165, 1.54) is 29.2 Å². The van der Waals surface area contributed by atoms with Gasteiger partial charge in [0.1, 0.15) is 11.9 Å². The van der Waals surface area contributed by atoms with Crippen molar-refractivity contribution in [2.75, 3.05) is 10.2 Å². The summed E-state index contributed by atoms with van der Waals surface area (Å²) in [5.41, 5.74) is 1.56. The molecule has 1 aliphatic heterocycles. The molecule has 7 nitrogen and oxygen atoms in total. The van der Waals surface area contributed by atoms with Gasteiger partial charge in [0.15, 0.2) is 0 Å². The minimum Gasteiger partial charge on any atom is -0.326 e. The number of carbonyl (C=O) groups is 3. The van der Waals surface area contributed by atoms with Crippen LogP contribution in [0.4, 0.5) is 20.6 Å². The van der Waals surface area contributed by atoms with Crippen molar-refractivity contribution in [2.45, 2.75) is 19.0 Å². The SMILES string of the molecule is O=C(C[C@H]1C(=O)N(c2ccc(F)cc2)C(=O)N1Cc1cccnc1)Nc1ccccc1. The van der Waals surface area contributed by atoms with Crippen LogP contribution in [-0.2, 0) is 16.1 Å². The standard InChI is InChI=1S/C23H19FN4O3/c24-17-8-10-19(11-9-17)28-22(30)20(13-21(29)26-18-6-2-1-3-7-18)27(23(28)31)15-16-5-4-12-25-14-16/h1-12,14,20H,13,15H2,(H,26,29)/t20-/m0/s1. The summed E-state index contributed by atoms with van der Waals surface area (Å²) >= 11 is 0. The lowest BCUT2D eigenvalue weighted by atomic mass is 10.1. The molecule has 0 saturated carbocycles. The summed E-state index contributed by atoms with van der Waals surface area (Å²) < 4.78 is 13.3. The lowest BCUT2D eigenvalue weighted by Gasteiger charge is -2.21. The van der Waals surface area contributed by atoms with Gasteiger partial charge >= 0.3 is 6.03 Å². The molecule has 0 unspecified atom stereocenters. The van der Waals surface area contributed by atoms with Gasteiger partial charge in [0.05, 0.1) is 12.1 Å². The van der Waals surface area contributed by atoms with Crippen LogP contribution in [0.5, 0.6) is 0 Å². The summed E-state index contributed by atoms with van der Waals surface area (Å²) in [7, 11) is 0. The molecule has 156 valence electrons. The van der Waals surface area contributed by atoms with E-state index in [2.05, 4.69) is 10.3 Å². The zero-order chi connectivity index (χ0) is 21.8. The average Bonchev–Trinajstić information content (AvgIpc) is 3.00. The molecule has 4 amide bonds. The zero-order valence-corrected chi connectivity index (χ0v) is 16.4. The first-order valence-electron chi connectivity index (χ1n) is 9.67. The molecule has 0 aliphatic carbocycles. The third-order valence-electron chi connectivity index (χ3n) is 4.92. The number of nitrogens with one attached hydrogen (secondary N) is 1. The quantitative estimate of drug-likeness (QED) is 0.621. The summed E-state index contributed by atoms with van der Waals surface area (Å²) in [5, 5.41) is 2.74. The lowest BCUT2D eigenvalue weighted by Crippen LogP contribution is -2.37. The van der Waals surface area contributed by atoms with E-state index in [9.17, 15) is 18.8 Å². The van der Waals surface area contributed by atoms with Crippen molar-refractivity contribution < 1.29 is 18.8 Å². The summed E-state index contributed by atoms with van der Waals surface area (Å²) in [6, 6.07) is 15.9. The molecule has 1 fully saturated rings. The van der Waals surface area contributed by atoms with Crippen molar-refractivity contribution in [2.24, 2.45) is 0 Å². The number of para-hydroxylation sites is 1. The Kier molecular flexibility index (Phi) is 5.70. The van der Waals surface area contributed by atoms with Gasteiger partial charge in [0.2, 0.25) is 5.91 Å². The Morgan fingerprint density at radius 2 is 1.74 bits per heavy atom. The van der Waals surface area contributed by atoms with Gasteiger partial charge in [-0.1, -0.05) is 24.3 Å². The van der Waals surface area contributed by atoms with E-state index in [4.69, 9.17) is 0 Å². The number of hydrogen-bond acceptors (Lipinski definition) is 4. The molecular formula is C23H19FN4O3. The molecule has 0 bridgehead atoms. The molecule has 4 rings (SSSR count). The van der Waals surface area contributed by atoms with Crippen LogP contribution in [0, 0.1) is 5.82 Å². The molecule has 1 N–H and O–H groups in total. The van der Waals surface area contributed by atoms with E-state index in [0.717, 1.165) is 10.5 Å². The van der Waals surface area contributed by atoms with Crippen LogP contribution in [0.25, 0.3) is 0 Å². The summed E-state index contributed by atoms with van der Waals surface area (Å²) in [6.45, 7) is 0.111. The Morgan fingerprint density at radius 3 is 2.42 bits per heavy atom. The number of hydrogen-bond donors (Lipinski definition) is 1. The maximum absolute atomic E-state index is 13.3. The molecular weight excluding hydrogens is 399 g/mol. The van der Waals surface area contributed by atoms with Gasteiger partial charge < -0.3 is 10.2 Å². The normalized spacial score (nSPS) is 16.0. The highest BCUT2D eigenvalue weighted by atomic mass is 19.1. The summed E-state index contributed by atoms with van der Waals surface area (Å²) in [6.07, 6.45) is 2.99. The number of urea groups is 1. The highest BCUT2D eigenvalue weighted by Crippen LogP contribution is 2.28. The van der Waals surface area contributed by atoms with E-state index in [1.807, 2.05) is 6.07 Å². The van der Waals surface area contributed by atoms with Crippen molar-refractivity contribution in [1.82, 2.24) is 9.88 Å². The highest BCUT2D eigenvalue weighted by Gasteiger charge is 2.46. The first-order valence-corrected chi connectivity index (χ1v) is 9.67. The molecule has 2 aromatic carbocycles. The molecule has 1 aliphatic rings. The number of aromatic nitrogens is 1. The van der Waals surface area contributed by atoms with Crippen molar-refractivity contribution in [1.29, 1.82) is 0 Å². The van der Waals surface area contributed by atoms with Crippen LogP contribution >= 0.6 is 0 Å². The van der Waals surface area contributed by atoms with Gasteiger partial charge in [-0.2, -0.15) is 0 Å². The molecule has 1 atom stereocenters. The van der Waals surface area contributed by atoms with Gasteiger partial charge in [-0.15, -0.1) is 0 Å². The number of amides is 4. The number of pyridine rings is 1. The summed E-state index contributed by atoms with van der Waals surface area (Å²) in [5.74, 6) is -1.41. The zero-order valence-electron chi connectivity index (χ0n) is 16.4. The Labute approximate surface area is 178 Å². The van der Waals surface area contributed by atoms with E-state index < -0.39 is 29.7 Å². The second-order valence-electron chi connectivity index (χ2n) is 7.06. The smallest absolute Gasteiger partial charge is 0.326 e. The Morgan fingerprint density at radius 1 is 1.00 bits per heavy atom. The van der Waals surface area contributed by atoms with E-state index in [-0.39, 0.29) is 18.7 Å². The molecule has 0 spiro atoms. The van der Waals surface area contributed by atoms with E-state index in [1.54, 1.807) is 48.8 Å². The fourth-order valence-electron chi connectivity index (χ4n) is 3.44. The van der Waals surface area contributed by atoms with E-state index >= 15 is 0 Å². The third-order valence-corrected chi connectivity index (χ3v) is 4.92. The predicted molar refractivity (Wildman–Crippen MR) is 113 cm³/mol. The minimum absolute atomic E-state index is 0.111. The second kappa shape index (κ2) is 8.74. The molecule has 0 radical (unpaired) electrons. The third kappa shape index (κ3) is 4.42. The van der Waals surface area contributed by atoms with Crippen molar-refractivity contribution in [3.8, 4) is 0 Å². The van der Waals surface area contributed by atoms with Gasteiger partial charge in [-0.3, -0.25) is 14.6 Å². The van der Waals surface area contributed by atoms with Gasteiger partial charge in [0.25, 0.3) is 5.91 Å². The molecule has 31 heavy (non-hydrogen) atoms. The van der Waals surface area contributed by atoms with Gasteiger partial charge in [-0.05, 0) is 48.0 Å². The number of halogens is 1. The molecule has 2 heterocycles. The number of imide groups is 1. The van der Waals surface area contributed by atoms with Crippen molar-refractivity contribution in [3.63, 3.8) is 0 Å². The number of nitrogens with zero attached hydrogens (tertiary/aromatic N) is 3. The first-order chi connectivity index (χ1) is 15.0. The van der Waals surface area contributed by atoms with Gasteiger partial charge in [0, 0.05) is 24.6 Å². The number of anilines is 2. The van der Waals surface area contributed by atoms with Crippen LogP contribution in [0.15, 0.2) is 79.1 Å². The van der Waals surface area contributed by atoms with Crippen LogP contribution in [0.3, 0.4) is 0 Å². The topological polar surface area (TPSA) is 82.6 Å². The highest BCUT2D eigenvalue weighted by molar-refractivity contribution is 6.22. The number of rotatable bonds is 6. The molecule has 8 heteroatoms. The van der Waals surface area contributed by atoms with Crippen LogP contribution in [0.1, 0.15) is 12.0 Å². The van der Waals surface area contributed by atoms with Gasteiger partial charge in [-0.25, -0.2) is 14.1 Å². The Balaban J connectivity index is 1.60. The van der Waals surface area contributed by atoms with Crippen molar-refractivity contribution in [3.05, 3.63) is 90.5 Å². The van der Waals surface area contributed by atoms with Crippen LogP contribution < -0.4 is 10.2 Å².